The van der Waals surface area contributed by atoms with Crippen LogP contribution < -0.4 is 10.6 Å². The predicted molar refractivity (Wildman–Crippen MR) is 86.2 cm³/mol. The molecule has 4 heteroatoms. The van der Waals surface area contributed by atoms with Gasteiger partial charge in [-0.15, -0.1) is 12.4 Å². The maximum Gasteiger partial charge on any atom is 0.220 e. The van der Waals surface area contributed by atoms with Gasteiger partial charge in [-0.2, -0.15) is 0 Å². The summed E-state index contributed by atoms with van der Waals surface area (Å²) in [6, 6.07) is 0.928. The van der Waals surface area contributed by atoms with Crippen molar-refractivity contribution in [3.63, 3.8) is 0 Å². The summed E-state index contributed by atoms with van der Waals surface area (Å²) in [5, 5.41) is 6.67. The highest BCUT2D eigenvalue weighted by Crippen LogP contribution is 2.31. The molecule has 2 fully saturated rings. The molecule has 1 amide bonds. The summed E-state index contributed by atoms with van der Waals surface area (Å²) in [6.45, 7) is 5.49. The van der Waals surface area contributed by atoms with Gasteiger partial charge in [-0.25, -0.2) is 0 Å². The largest absolute Gasteiger partial charge is 0.353 e. The zero-order valence-electron chi connectivity index (χ0n) is 13.0. The number of hydrogen-bond donors (Lipinski definition) is 2. The van der Waals surface area contributed by atoms with E-state index >= 15 is 0 Å². The number of carbonyl (C=O) groups is 1. The summed E-state index contributed by atoms with van der Waals surface area (Å²) < 4.78 is 0. The van der Waals surface area contributed by atoms with Crippen LogP contribution in [0.4, 0.5) is 0 Å². The molecule has 0 aromatic heterocycles. The Kier molecular flexibility index (Phi) is 7.90. The third kappa shape index (κ3) is 5.61. The minimum absolute atomic E-state index is 0. The van der Waals surface area contributed by atoms with E-state index in [1.54, 1.807) is 0 Å². The van der Waals surface area contributed by atoms with Gasteiger partial charge >= 0.3 is 0 Å². The summed E-state index contributed by atoms with van der Waals surface area (Å²) >= 11 is 0. The van der Waals surface area contributed by atoms with Crippen LogP contribution in [0.25, 0.3) is 0 Å². The molecule has 2 aliphatic rings. The number of carbonyl (C=O) groups excluding carboxylic acids is 1. The molecule has 0 radical (unpaired) electrons. The molecule has 2 N–H and O–H groups in total. The highest BCUT2D eigenvalue weighted by atomic mass is 35.5. The molecule has 1 heterocycles. The van der Waals surface area contributed by atoms with Crippen molar-refractivity contribution < 1.29 is 4.79 Å². The van der Waals surface area contributed by atoms with E-state index in [0.29, 0.717) is 18.0 Å². The predicted octanol–water partition coefficient (Wildman–Crippen LogP) is 3.27. The molecule has 2 rings (SSSR count). The highest BCUT2D eigenvalue weighted by Gasteiger charge is 2.24. The second-order valence-corrected chi connectivity index (χ2v) is 6.72. The van der Waals surface area contributed by atoms with E-state index in [1.165, 1.54) is 32.1 Å². The van der Waals surface area contributed by atoms with Gasteiger partial charge in [0, 0.05) is 18.5 Å². The van der Waals surface area contributed by atoms with E-state index in [1.807, 2.05) is 0 Å². The normalized spacial score (nSPS) is 29.3. The maximum atomic E-state index is 12.1. The Balaban J connectivity index is 0.00000200. The van der Waals surface area contributed by atoms with Crippen LogP contribution in [-0.4, -0.2) is 24.5 Å². The summed E-state index contributed by atoms with van der Waals surface area (Å²) in [7, 11) is 0. The first-order valence-electron chi connectivity index (χ1n) is 8.18. The lowest BCUT2D eigenvalue weighted by molar-refractivity contribution is -0.123. The van der Waals surface area contributed by atoms with Crippen molar-refractivity contribution >= 4 is 18.3 Å². The molecular weight excluding hydrogens is 272 g/mol. The fraction of sp³-hybridized carbons (Fsp3) is 0.938. The van der Waals surface area contributed by atoms with Crippen LogP contribution in [0.2, 0.25) is 0 Å². The summed E-state index contributed by atoms with van der Waals surface area (Å²) in [4.78, 5) is 12.1. The minimum atomic E-state index is 0. The third-order valence-electron chi connectivity index (χ3n) is 4.95. The van der Waals surface area contributed by atoms with Gasteiger partial charge in [0.1, 0.15) is 0 Å². The number of amides is 1. The Morgan fingerprint density at radius 3 is 2.60 bits per heavy atom. The van der Waals surface area contributed by atoms with Crippen LogP contribution in [0, 0.1) is 11.8 Å². The molecule has 3 unspecified atom stereocenters. The average molecular weight is 303 g/mol. The van der Waals surface area contributed by atoms with Crippen molar-refractivity contribution in [1.29, 1.82) is 0 Å². The molecule has 3 nitrogen and oxygen atoms in total. The summed E-state index contributed by atoms with van der Waals surface area (Å²) in [5.41, 5.74) is 0. The van der Waals surface area contributed by atoms with Crippen molar-refractivity contribution in [2.75, 3.05) is 6.54 Å². The van der Waals surface area contributed by atoms with Crippen LogP contribution in [0.15, 0.2) is 0 Å². The molecule has 1 aliphatic carbocycles. The minimum Gasteiger partial charge on any atom is -0.353 e. The number of halogens is 1. The molecular formula is C16H31ClN2O. The molecule has 1 saturated carbocycles. The van der Waals surface area contributed by atoms with E-state index in [-0.39, 0.29) is 18.3 Å². The van der Waals surface area contributed by atoms with Gasteiger partial charge in [-0.1, -0.05) is 39.0 Å². The summed E-state index contributed by atoms with van der Waals surface area (Å²) in [6.07, 6.45) is 9.66. The fourth-order valence-corrected chi connectivity index (χ4v) is 3.71. The van der Waals surface area contributed by atoms with E-state index < -0.39 is 0 Å². The van der Waals surface area contributed by atoms with Crippen LogP contribution in [0.3, 0.4) is 0 Å². The lowest BCUT2D eigenvalue weighted by atomic mass is 9.79. The molecule has 0 aromatic carbocycles. The lowest BCUT2D eigenvalue weighted by Gasteiger charge is -2.30. The topological polar surface area (TPSA) is 41.1 Å². The smallest absolute Gasteiger partial charge is 0.220 e. The van der Waals surface area contributed by atoms with Gasteiger partial charge in [-0.05, 0) is 38.1 Å². The SMILES string of the molecule is CC1CC(NC(=O)CC(C)C2CCCCC2)CCN1.Cl. The first-order chi connectivity index (χ1) is 9.15. The van der Waals surface area contributed by atoms with Crippen LogP contribution in [-0.2, 0) is 4.79 Å². The first kappa shape index (κ1) is 17.8. The van der Waals surface area contributed by atoms with Crippen molar-refractivity contribution in [3.05, 3.63) is 0 Å². The molecule has 3 atom stereocenters. The van der Waals surface area contributed by atoms with Gasteiger partial charge in [-0.3, -0.25) is 4.79 Å². The van der Waals surface area contributed by atoms with Gasteiger partial charge in [0.05, 0.1) is 0 Å². The standard InChI is InChI=1S/C16H30N2O.ClH/c1-12(14-6-4-3-5-7-14)10-16(19)18-15-8-9-17-13(2)11-15;/h12-15,17H,3-11H2,1-2H3,(H,18,19);1H. The summed E-state index contributed by atoms with van der Waals surface area (Å²) in [5.74, 6) is 1.61. The van der Waals surface area contributed by atoms with Crippen LogP contribution in [0.1, 0.15) is 65.2 Å². The zero-order valence-corrected chi connectivity index (χ0v) is 13.8. The Labute approximate surface area is 130 Å². The monoisotopic (exact) mass is 302 g/mol. The molecule has 1 saturated heterocycles. The van der Waals surface area contributed by atoms with Crippen molar-refractivity contribution in [2.24, 2.45) is 11.8 Å². The molecule has 20 heavy (non-hydrogen) atoms. The number of nitrogens with one attached hydrogen (secondary N) is 2. The van der Waals surface area contributed by atoms with Crippen molar-refractivity contribution in [2.45, 2.75) is 77.3 Å². The Morgan fingerprint density at radius 1 is 1.25 bits per heavy atom. The van der Waals surface area contributed by atoms with E-state index in [4.69, 9.17) is 0 Å². The van der Waals surface area contributed by atoms with Gasteiger partial charge in [0.15, 0.2) is 0 Å². The van der Waals surface area contributed by atoms with Crippen LogP contribution in [0.5, 0.6) is 0 Å². The first-order valence-corrected chi connectivity index (χ1v) is 8.18. The number of rotatable bonds is 4. The Hall–Kier alpha value is -0.280. The lowest BCUT2D eigenvalue weighted by Crippen LogP contribution is -2.47. The van der Waals surface area contributed by atoms with Crippen LogP contribution >= 0.6 is 12.4 Å². The zero-order chi connectivity index (χ0) is 13.7. The molecule has 0 spiro atoms. The maximum absolute atomic E-state index is 12.1. The third-order valence-corrected chi connectivity index (χ3v) is 4.95. The van der Waals surface area contributed by atoms with Gasteiger partial charge < -0.3 is 10.6 Å². The van der Waals surface area contributed by atoms with E-state index in [9.17, 15) is 4.79 Å². The Bertz CT molecular complexity index is 292. The molecule has 0 bridgehead atoms. The van der Waals surface area contributed by atoms with Crippen molar-refractivity contribution in [3.8, 4) is 0 Å². The van der Waals surface area contributed by atoms with Gasteiger partial charge in [0.25, 0.3) is 0 Å². The molecule has 0 aromatic rings. The Morgan fingerprint density at radius 2 is 1.95 bits per heavy atom. The van der Waals surface area contributed by atoms with E-state index in [0.717, 1.165) is 31.7 Å². The second kappa shape index (κ2) is 8.89. The number of hydrogen-bond acceptors (Lipinski definition) is 2. The molecule has 118 valence electrons. The molecule has 1 aliphatic heterocycles. The quantitative estimate of drug-likeness (QED) is 0.837. The fourth-order valence-electron chi connectivity index (χ4n) is 3.71. The van der Waals surface area contributed by atoms with E-state index in [2.05, 4.69) is 24.5 Å². The average Bonchev–Trinajstić information content (AvgIpc) is 2.39. The number of piperidine rings is 1. The highest BCUT2D eigenvalue weighted by molar-refractivity contribution is 5.85. The van der Waals surface area contributed by atoms with Crippen molar-refractivity contribution in [1.82, 2.24) is 10.6 Å². The van der Waals surface area contributed by atoms with Gasteiger partial charge in [0.2, 0.25) is 5.91 Å². The second-order valence-electron chi connectivity index (χ2n) is 6.72.